The molecule has 7 heteroatoms. The molecule has 5 nitrogen and oxygen atoms in total. The molecule has 2 saturated heterocycles. The Bertz CT molecular complexity index is 1090. The highest BCUT2D eigenvalue weighted by Gasteiger charge is 2.34. The van der Waals surface area contributed by atoms with Crippen molar-refractivity contribution in [2.45, 2.75) is 31.6 Å². The van der Waals surface area contributed by atoms with Crippen molar-refractivity contribution in [2.24, 2.45) is 5.92 Å². The fourth-order valence-electron chi connectivity index (χ4n) is 4.81. The summed E-state index contributed by atoms with van der Waals surface area (Å²) < 4.78 is 14.4. The highest BCUT2D eigenvalue weighted by atomic mass is 32.1. The van der Waals surface area contributed by atoms with Crippen LogP contribution >= 0.6 is 11.3 Å². The molecule has 0 radical (unpaired) electrons. The minimum Gasteiger partial charge on any atom is -0.342 e. The lowest BCUT2D eigenvalue weighted by Crippen LogP contribution is -2.48. The molecule has 166 valence electrons. The summed E-state index contributed by atoms with van der Waals surface area (Å²) in [6.07, 6.45) is 3.47. The van der Waals surface area contributed by atoms with Crippen molar-refractivity contribution in [3.8, 4) is 0 Å². The molecule has 5 rings (SSSR count). The second-order valence-electron chi connectivity index (χ2n) is 8.72. The van der Waals surface area contributed by atoms with E-state index < -0.39 is 0 Å². The maximum Gasteiger partial charge on any atom is 0.253 e. The van der Waals surface area contributed by atoms with Gasteiger partial charge in [0, 0.05) is 37.7 Å². The smallest absolute Gasteiger partial charge is 0.253 e. The molecule has 3 heterocycles. The predicted octanol–water partition coefficient (Wildman–Crippen LogP) is 4.69. The summed E-state index contributed by atoms with van der Waals surface area (Å²) in [5.74, 6) is -0.0876. The number of carbonyl (C=O) groups excluding carboxylic acids is 2. The topological polar surface area (TPSA) is 53.5 Å². The SMILES string of the molecule is O=C(c1ccc(F)cc1)N1CCCC(C(=O)N2CCC(c3nc4ccccc4s3)CC2)C1. The summed E-state index contributed by atoms with van der Waals surface area (Å²) in [4.78, 5) is 34.5. The van der Waals surface area contributed by atoms with E-state index in [0.29, 0.717) is 24.6 Å². The maximum atomic E-state index is 13.2. The zero-order valence-electron chi connectivity index (χ0n) is 17.9. The maximum absolute atomic E-state index is 13.2. The van der Waals surface area contributed by atoms with E-state index in [-0.39, 0.29) is 23.5 Å². The van der Waals surface area contributed by atoms with E-state index in [1.165, 1.54) is 34.0 Å². The Balaban J connectivity index is 1.19. The van der Waals surface area contributed by atoms with Gasteiger partial charge >= 0.3 is 0 Å². The van der Waals surface area contributed by atoms with Gasteiger partial charge in [0.2, 0.25) is 5.91 Å². The normalized spacial score (nSPS) is 20.0. The molecule has 2 fully saturated rings. The zero-order chi connectivity index (χ0) is 22.1. The number of rotatable bonds is 3. The standard InChI is InChI=1S/C25H26FN3O2S/c26-20-9-7-18(8-10-20)24(30)29-13-3-4-19(16-29)25(31)28-14-11-17(12-15-28)23-27-21-5-1-2-6-22(21)32-23/h1-2,5-10,17,19H,3-4,11-16H2. The molecule has 0 bridgehead atoms. The minimum absolute atomic E-state index is 0.128. The number of amides is 2. The first kappa shape index (κ1) is 21.1. The lowest BCUT2D eigenvalue weighted by molar-refractivity contribution is -0.138. The number of para-hydroxylation sites is 1. The summed E-state index contributed by atoms with van der Waals surface area (Å²) in [7, 11) is 0. The Hall–Kier alpha value is -2.80. The zero-order valence-corrected chi connectivity index (χ0v) is 18.7. The van der Waals surface area contributed by atoms with E-state index in [1.807, 2.05) is 17.0 Å². The van der Waals surface area contributed by atoms with Crippen molar-refractivity contribution in [1.82, 2.24) is 14.8 Å². The molecule has 1 aromatic heterocycles. The Morgan fingerprint density at radius 1 is 0.938 bits per heavy atom. The Labute approximate surface area is 190 Å². The molecule has 1 unspecified atom stereocenters. The molecule has 0 aliphatic carbocycles. The van der Waals surface area contributed by atoms with Crippen molar-refractivity contribution in [1.29, 1.82) is 0 Å². The molecule has 3 aromatic rings. The number of hydrogen-bond donors (Lipinski definition) is 0. The van der Waals surface area contributed by atoms with E-state index in [1.54, 1.807) is 16.2 Å². The van der Waals surface area contributed by atoms with Crippen molar-refractivity contribution < 1.29 is 14.0 Å². The fraction of sp³-hybridized carbons (Fsp3) is 0.400. The van der Waals surface area contributed by atoms with E-state index in [9.17, 15) is 14.0 Å². The van der Waals surface area contributed by atoms with Crippen molar-refractivity contribution in [2.75, 3.05) is 26.2 Å². The Morgan fingerprint density at radius 3 is 2.44 bits per heavy atom. The molecule has 0 N–H and O–H groups in total. The van der Waals surface area contributed by atoms with Gasteiger partial charge in [-0.1, -0.05) is 12.1 Å². The number of hydrogen-bond acceptors (Lipinski definition) is 4. The second kappa shape index (κ2) is 8.98. The third-order valence-corrected chi connectivity index (χ3v) is 7.81. The van der Waals surface area contributed by atoms with Crippen LogP contribution in [0.25, 0.3) is 10.2 Å². The van der Waals surface area contributed by atoms with Crippen molar-refractivity contribution >= 4 is 33.4 Å². The van der Waals surface area contributed by atoms with Crippen LogP contribution in [0.1, 0.15) is 47.0 Å². The Morgan fingerprint density at radius 2 is 1.69 bits per heavy atom. The first-order chi connectivity index (χ1) is 15.6. The molecular formula is C25H26FN3O2S. The van der Waals surface area contributed by atoms with Gasteiger partial charge in [-0.25, -0.2) is 9.37 Å². The third-order valence-electron chi connectivity index (χ3n) is 6.62. The van der Waals surface area contributed by atoms with Gasteiger partial charge in [0.15, 0.2) is 0 Å². The van der Waals surface area contributed by atoms with Gasteiger partial charge in [0.05, 0.1) is 21.1 Å². The summed E-state index contributed by atoms with van der Waals surface area (Å²) in [5, 5.41) is 1.17. The van der Waals surface area contributed by atoms with Crippen LogP contribution in [0.3, 0.4) is 0 Å². The average Bonchev–Trinajstić information content (AvgIpc) is 3.28. The summed E-state index contributed by atoms with van der Waals surface area (Å²) in [5.41, 5.74) is 1.52. The number of fused-ring (bicyclic) bond motifs is 1. The number of likely N-dealkylation sites (tertiary alicyclic amines) is 2. The van der Waals surface area contributed by atoms with Crippen LogP contribution in [-0.4, -0.2) is 52.8 Å². The van der Waals surface area contributed by atoms with Crippen LogP contribution in [0.5, 0.6) is 0 Å². The molecule has 32 heavy (non-hydrogen) atoms. The van der Waals surface area contributed by atoms with Crippen LogP contribution in [0.2, 0.25) is 0 Å². The fourth-order valence-corrected chi connectivity index (χ4v) is 5.94. The quantitative estimate of drug-likeness (QED) is 0.580. The molecule has 2 amide bonds. The molecule has 2 aliphatic heterocycles. The molecule has 2 aliphatic rings. The summed E-state index contributed by atoms with van der Waals surface area (Å²) >= 11 is 1.76. The van der Waals surface area contributed by atoms with Crippen LogP contribution < -0.4 is 0 Å². The highest BCUT2D eigenvalue weighted by Crippen LogP contribution is 2.34. The third kappa shape index (κ3) is 4.26. The lowest BCUT2D eigenvalue weighted by atomic mass is 9.92. The van der Waals surface area contributed by atoms with Crippen LogP contribution in [0.15, 0.2) is 48.5 Å². The van der Waals surface area contributed by atoms with Gasteiger partial charge in [0.25, 0.3) is 5.91 Å². The van der Waals surface area contributed by atoms with Gasteiger partial charge in [-0.3, -0.25) is 9.59 Å². The number of aromatic nitrogens is 1. The van der Waals surface area contributed by atoms with Gasteiger partial charge in [-0.05, 0) is 62.1 Å². The van der Waals surface area contributed by atoms with E-state index in [0.717, 1.165) is 44.3 Å². The average molecular weight is 452 g/mol. The molecule has 0 saturated carbocycles. The van der Waals surface area contributed by atoms with Gasteiger partial charge in [0.1, 0.15) is 5.82 Å². The second-order valence-corrected chi connectivity index (χ2v) is 9.78. The molecule has 1 atom stereocenters. The van der Waals surface area contributed by atoms with Crippen molar-refractivity contribution in [3.05, 3.63) is 64.9 Å². The number of benzene rings is 2. The highest BCUT2D eigenvalue weighted by molar-refractivity contribution is 7.18. The minimum atomic E-state index is -0.359. The molecule has 0 spiro atoms. The summed E-state index contributed by atoms with van der Waals surface area (Å²) in [6.45, 7) is 2.55. The largest absolute Gasteiger partial charge is 0.342 e. The van der Waals surface area contributed by atoms with Crippen LogP contribution in [0.4, 0.5) is 4.39 Å². The summed E-state index contributed by atoms with van der Waals surface area (Å²) in [6, 6.07) is 13.8. The van der Waals surface area contributed by atoms with Crippen LogP contribution in [0, 0.1) is 11.7 Å². The lowest BCUT2D eigenvalue weighted by Gasteiger charge is -2.37. The van der Waals surface area contributed by atoms with Crippen molar-refractivity contribution in [3.63, 3.8) is 0 Å². The molecule has 2 aromatic carbocycles. The number of nitrogens with zero attached hydrogens (tertiary/aromatic N) is 3. The van der Waals surface area contributed by atoms with E-state index in [4.69, 9.17) is 4.98 Å². The van der Waals surface area contributed by atoms with Crippen LogP contribution in [-0.2, 0) is 4.79 Å². The first-order valence-corrected chi connectivity index (χ1v) is 12.1. The number of carbonyl (C=O) groups is 2. The van der Waals surface area contributed by atoms with E-state index >= 15 is 0 Å². The Kier molecular flexibility index (Phi) is 5.91. The van der Waals surface area contributed by atoms with Gasteiger partial charge in [-0.15, -0.1) is 11.3 Å². The van der Waals surface area contributed by atoms with E-state index in [2.05, 4.69) is 12.1 Å². The number of halogens is 1. The predicted molar refractivity (Wildman–Crippen MR) is 123 cm³/mol. The van der Waals surface area contributed by atoms with Gasteiger partial charge in [-0.2, -0.15) is 0 Å². The monoisotopic (exact) mass is 451 g/mol. The first-order valence-electron chi connectivity index (χ1n) is 11.3. The number of piperidine rings is 2. The van der Waals surface area contributed by atoms with Gasteiger partial charge < -0.3 is 9.80 Å². The molecular weight excluding hydrogens is 425 g/mol. The number of thiazole rings is 1.